The summed E-state index contributed by atoms with van der Waals surface area (Å²) in [7, 11) is 0. The van der Waals surface area contributed by atoms with Crippen molar-refractivity contribution in [2.24, 2.45) is 0 Å². The van der Waals surface area contributed by atoms with E-state index in [0.717, 1.165) is 31.7 Å². The highest BCUT2D eigenvalue weighted by Gasteiger charge is 2.29. The van der Waals surface area contributed by atoms with Gasteiger partial charge in [-0.3, -0.25) is 4.79 Å². The first-order valence-electron chi connectivity index (χ1n) is 8.62. The lowest BCUT2D eigenvalue weighted by Crippen LogP contribution is -2.29. The van der Waals surface area contributed by atoms with Crippen LogP contribution in [0.15, 0.2) is 0 Å². The molecule has 138 valence electrons. The number of carbonyl (C=O) groups excluding carboxylic acids is 1. The van der Waals surface area contributed by atoms with Crippen LogP contribution in [0.5, 0.6) is 0 Å². The maximum absolute atomic E-state index is 11.7. The molecule has 0 aliphatic heterocycles. The van der Waals surface area contributed by atoms with Gasteiger partial charge in [0.2, 0.25) is 0 Å². The predicted octanol–water partition coefficient (Wildman–Crippen LogP) is 7.26. The molecule has 0 aromatic heterocycles. The minimum absolute atomic E-state index is 0.155. The van der Waals surface area contributed by atoms with E-state index in [1.165, 1.54) is 38.5 Å². The van der Waals surface area contributed by atoms with Crippen molar-refractivity contribution in [2.75, 3.05) is 6.61 Å². The maximum atomic E-state index is 11.7. The number of halogens is 4. The molecule has 0 aliphatic rings. The monoisotopic (exact) mass is 466 g/mol. The minimum Gasteiger partial charge on any atom is -0.465 e. The van der Waals surface area contributed by atoms with Crippen LogP contribution in [-0.4, -0.2) is 22.9 Å². The Balaban J connectivity index is 3.30. The third-order valence-electron chi connectivity index (χ3n) is 3.93. The van der Waals surface area contributed by atoms with Gasteiger partial charge in [-0.05, 0) is 25.8 Å². The molecule has 0 heterocycles. The van der Waals surface area contributed by atoms with Crippen LogP contribution >= 0.6 is 49.2 Å². The van der Waals surface area contributed by atoms with E-state index in [9.17, 15) is 4.79 Å². The molecular weight excluding hydrogens is 439 g/mol. The first-order valence-corrected chi connectivity index (χ1v) is 14.7. The summed E-state index contributed by atoms with van der Waals surface area (Å²) in [6, 6.07) is -1.62. The maximum Gasteiger partial charge on any atom is 0.341 e. The Hall–Kier alpha value is 1.04. The van der Waals surface area contributed by atoms with Gasteiger partial charge in [-0.1, -0.05) is 74.2 Å². The Bertz CT molecular complexity index is 323. The lowest BCUT2D eigenvalue weighted by molar-refractivity contribution is -0.146. The summed E-state index contributed by atoms with van der Waals surface area (Å²) >= 11 is 20.9. The summed E-state index contributed by atoms with van der Waals surface area (Å²) in [6.07, 6.45) is 11.2. The number of rotatable bonds is 14. The topological polar surface area (TPSA) is 26.3 Å². The predicted molar refractivity (Wildman–Crippen MR) is 108 cm³/mol. The van der Waals surface area contributed by atoms with E-state index in [4.69, 9.17) is 38.0 Å². The molecular formula is C16H30BrCl3O2Si. The zero-order valence-electron chi connectivity index (χ0n) is 14.3. The van der Waals surface area contributed by atoms with Crippen LogP contribution in [0.25, 0.3) is 0 Å². The van der Waals surface area contributed by atoms with Gasteiger partial charge in [0.25, 0.3) is 0 Å². The third-order valence-corrected chi connectivity index (χ3v) is 7.43. The van der Waals surface area contributed by atoms with Crippen LogP contribution in [0.4, 0.5) is 0 Å². The summed E-state index contributed by atoms with van der Waals surface area (Å²) in [5.41, 5.74) is 0. The second-order valence-corrected chi connectivity index (χ2v) is 17.3. The SMILES string of the molecule is CCC(C)(Br)C(=O)OCCCCCCCCCCC[Si](Cl)(Cl)Cl. The van der Waals surface area contributed by atoms with E-state index >= 15 is 0 Å². The molecule has 0 saturated heterocycles. The van der Waals surface area contributed by atoms with Crippen LogP contribution < -0.4 is 0 Å². The molecule has 0 N–H and O–H groups in total. The van der Waals surface area contributed by atoms with Gasteiger partial charge in [0.05, 0.1) is 6.61 Å². The number of carbonyl (C=O) groups is 1. The van der Waals surface area contributed by atoms with Gasteiger partial charge in [0, 0.05) is 0 Å². The lowest BCUT2D eigenvalue weighted by atomic mass is 10.1. The van der Waals surface area contributed by atoms with Crippen molar-refractivity contribution in [1.82, 2.24) is 0 Å². The number of ether oxygens (including phenoxy) is 1. The molecule has 0 aromatic carbocycles. The molecule has 0 bridgehead atoms. The first kappa shape index (κ1) is 24.0. The van der Waals surface area contributed by atoms with Gasteiger partial charge < -0.3 is 4.74 Å². The first-order chi connectivity index (χ1) is 10.7. The second-order valence-electron chi connectivity index (χ2n) is 6.23. The molecule has 7 heteroatoms. The Morgan fingerprint density at radius 3 is 1.83 bits per heavy atom. The van der Waals surface area contributed by atoms with Gasteiger partial charge >= 0.3 is 12.0 Å². The number of alkyl halides is 1. The molecule has 0 fully saturated rings. The fraction of sp³-hybridized carbons (Fsp3) is 0.938. The summed E-state index contributed by atoms with van der Waals surface area (Å²) in [6.45, 7) is 4.35. The quantitative estimate of drug-likeness (QED) is 0.0881. The summed E-state index contributed by atoms with van der Waals surface area (Å²) < 4.78 is 4.75. The van der Waals surface area contributed by atoms with E-state index in [2.05, 4.69) is 15.9 Å². The van der Waals surface area contributed by atoms with E-state index in [1.807, 2.05) is 13.8 Å². The van der Waals surface area contributed by atoms with Crippen molar-refractivity contribution in [3.05, 3.63) is 0 Å². The molecule has 0 saturated carbocycles. The summed E-state index contributed by atoms with van der Waals surface area (Å²) in [4.78, 5) is 11.7. The van der Waals surface area contributed by atoms with Gasteiger partial charge in [0.1, 0.15) is 4.32 Å². The Morgan fingerprint density at radius 1 is 0.957 bits per heavy atom. The highest BCUT2D eigenvalue weighted by molar-refractivity contribution is 9.10. The minimum atomic E-state index is -2.40. The van der Waals surface area contributed by atoms with Crippen LogP contribution in [-0.2, 0) is 9.53 Å². The fourth-order valence-electron chi connectivity index (χ4n) is 2.12. The van der Waals surface area contributed by atoms with Gasteiger partial charge in [-0.2, -0.15) is 0 Å². The van der Waals surface area contributed by atoms with Crippen molar-refractivity contribution in [3.8, 4) is 0 Å². The molecule has 0 rings (SSSR count). The van der Waals surface area contributed by atoms with Crippen molar-refractivity contribution < 1.29 is 9.53 Å². The number of esters is 1. The van der Waals surface area contributed by atoms with Gasteiger partial charge in [0.15, 0.2) is 0 Å². The summed E-state index contributed by atoms with van der Waals surface area (Å²) in [5.74, 6) is -0.155. The molecule has 0 spiro atoms. The molecule has 0 aliphatic carbocycles. The van der Waals surface area contributed by atoms with Gasteiger partial charge in [-0.15, -0.1) is 33.2 Å². The molecule has 0 aromatic rings. The van der Waals surface area contributed by atoms with Crippen molar-refractivity contribution >= 4 is 61.1 Å². The van der Waals surface area contributed by atoms with Gasteiger partial charge in [-0.25, -0.2) is 0 Å². The summed E-state index contributed by atoms with van der Waals surface area (Å²) in [5, 5.41) is 0. The highest BCUT2D eigenvalue weighted by atomic mass is 79.9. The van der Waals surface area contributed by atoms with Crippen molar-refractivity contribution in [1.29, 1.82) is 0 Å². The zero-order chi connectivity index (χ0) is 17.8. The van der Waals surface area contributed by atoms with E-state index in [0.29, 0.717) is 6.61 Å². The third kappa shape index (κ3) is 15.0. The van der Waals surface area contributed by atoms with Crippen molar-refractivity contribution in [3.63, 3.8) is 0 Å². The molecule has 0 amide bonds. The Kier molecular flexibility index (Phi) is 13.9. The fourth-order valence-corrected chi connectivity index (χ4v) is 4.09. The molecule has 1 unspecified atom stereocenters. The van der Waals surface area contributed by atoms with E-state index in [-0.39, 0.29) is 5.97 Å². The number of hydrogen-bond acceptors (Lipinski definition) is 2. The smallest absolute Gasteiger partial charge is 0.341 e. The average Bonchev–Trinajstić information content (AvgIpc) is 2.46. The highest BCUT2D eigenvalue weighted by Crippen LogP contribution is 2.27. The number of unbranched alkanes of at least 4 members (excludes halogenated alkanes) is 8. The second kappa shape index (κ2) is 13.3. The Morgan fingerprint density at radius 2 is 1.39 bits per heavy atom. The van der Waals surface area contributed by atoms with Crippen molar-refractivity contribution in [2.45, 2.75) is 88.4 Å². The normalized spacial score (nSPS) is 14.5. The van der Waals surface area contributed by atoms with Crippen LogP contribution in [0, 0.1) is 0 Å². The molecule has 0 radical (unpaired) electrons. The average molecular weight is 469 g/mol. The zero-order valence-corrected chi connectivity index (χ0v) is 19.2. The van der Waals surface area contributed by atoms with E-state index in [1.54, 1.807) is 0 Å². The lowest BCUT2D eigenvalue weighted by Gasteiger charge is -2.18. The van der Waals surface area contributed by atoms with E-state index < -0.39 is 10.3 Å². The largest absolute Gasteiger partial charge is 0.465 e. The molecule has 1 atom stereocenters. The van der Waals surface area contributed by atoms with Crippen LogP contribution in [0.3, 0.4) is 0 Å². The molecule has 23 heavy (non-hydrogen) atoms. The molecule has 2 nitrogen and oxygen atoms in total. The standard InChI is InChI=1S/C16H30BrCl3O2Si/c1-3-16(2,17)15(21)22-13-11-9-7-5-4-6-8-10-12-14-23(18,19)20/h3-14H2,1-2H3. The van der Waals surface area contributed by atoms with Crippen LogP contribution in [0.1, 0.15) is 78.1 Å². The number of hydrogen-bond donors (Lipinski definition) is 0. The Labute approximate surface area is 165 Å². The van der Waals surface area contributed by atoms with Crippen LogP contribution in [0.2, 0.25) is 6.04 Å².